The summed E-state index contributed by atoms with van der Waals surface area (Å²) in [6, 6.07) is 4.00. The van der Waals surface area contributed by atoms with Crippen LogP contribution in [0.2, 0.25) is 0 Å². The predicted molar refractivity (Wildman–Crippen MR) is 76.0 cm³/mol. The molecule has 0 saturated heterocycles. The molecule has 0 heterocycles. The first-order valence-corrected chi connectivity index (χ1v) is 12.0. The summed E-state index contributed by atoms with van der Waals surface area (Å²) >= 11 is -10.6. The Morgan fingerprint density at radius 2 is 1.29 bits per heavy atom. The molecule has 2 N–H and O–H groups in total. The van der Waals surface area contributed by atoms with Crippen LogP contribution in [0.15, 0.2) is 24.3 Å². The summed E-state index contributed by atoms with van der Waals surface area (Å²) < 4.78 is 113. The summed E-state index contributed by atoms with van der Waals surface area (Å²) in [7, 11) is 0. The first-order chi connectivity index (χ1) is 11.0. The Bertz CT molecular complexity index is 814. The fourth-order valence-electron chi connectivity index (χ4n) is 1.57. The average molecular weight is 530 g/mol. The molecule has 2 aromatic rings. The van der Waals surface area contributed by atoms with Gasteiger partial charge in [-0.05, 0) is 0 Å². The molecule has 0 aliphatic rings. The second-order valence-electron chi connectivity index (χ2n) is 4.11. The summed E-state index contributed by atoms with van der Waals surface area (Å²) in [5.41, 5.74) is 0. The molecule has 0 aromatic heterocycles. The van der Waals surface area contributed by atoms with Crippen LogP contribution in [0.3, 0.4) is 0 Å². The molecular weight excluding hydrogens is 524 g/mol. The Balaban J connectivity index is 2.79. The predicted octanol–water partition coefficient (Wildman–Crippen LogP) is 2.85. The molecule has 4 nitrogen and oxygen atoms in total. The van der Waals surface area contributed by atoms with E-state index in [2.05, 4.69) is 2.06 Å². The first kappa shape index (κ1) is 19.3. The quantitative estimate of drug-likeness (QED) is 0.210. The van der Waals surface area contributed by atoms with E-state index in [0.717, 1.165) is 24.3 Å². The molecule has 2 rings (SSSR count). The van der Waals surface area contributed by atoms with Gasteiger partial charge in [0.05, 0.1) is 0 Å². The Morgan fingerprint density at radius 1 is 0.833 bits per heavy atom. The van der Waals surface area contributed by atoms with E-state index < -0.39 is 76.8 Å². The number of hydrogen-bond acceptors (Lipinski definition) is 2. The van der Waals surface area contributed by atoms with Gasteiger partial charge < -0.3 is 0 Å². The molecule has 24 heavy (non-hydrogen) atoms. The SMILES string of the molecule is O=[As](O)(O)OI(c1ccccc1F)c1c(F)c(F)c(F)c(F)c1F. The Kier molecular flexibility index (Phi) is 5.70. The van der Waals surface area contributed by atoms with Crippen molar-refractivity contribution in [1.82, 2.24) is 0 Å². The van der Waals surface area contributed by atoms with Crippen molar-refractivity contribution in [2.75, 3.05) is 0 Å². The van der Waals surface area contributed by atoms with Crippen molar-refractivity contribution in [2.45, 2.75) is 0 Å². The third kappa shape index (κ3) is 3.80. The third-order valence-corrected chi connectivity index (χ3v) is 11.7. The van der Waals surface area contributed by atoms with Crippen LogP contribution in [-0.2, 0) is 5.79 Å². The fourth-order valence-corrected chi connectivity index (χ4v) is 10.1. The molecule has 2 aromatic carbocycles. The van der Waals surface area contributed by atoms with Gasteiger partial charge in [-0.1, -0.05) is 0 Å². The van der Waals surface area contributed by atoms with Crippen LogP contribution in [0.4, 0.5) is 26.3 Å². The van der Waals surface area contributed by atoms with Crippen LogP contribution in [0.5, 0.6) is 0 Å². The molecule has 0 amide bonds. The number of halogens is 7. The Morgan fingerprint density at radius 3 is 1.75 bits per heavy atom. The topological polar surface area (TPSA) is 66.8 Å². The van der Waals surface area contributed by atoms with Crippen LogP contribution in [0, 0.1) is 42.0 Å². The minimum atomic E-state index is -6.08. The zero-order chi connectivity index (χ0) is 18.2. The molecule has 0 spiro atoms. The zero-order valence-electron chi connectivity index (χ0n) is 11.1. The summed E-state index contributed by atoms with van der Waals surface area (Å²) in [6.07, 6.45) is 0. The monoisotopic (exact) mass is 530 g/mol. The number of rotatable bonds is 4. The molecule has 0 atom stereocenters. The van der Waals surface area contributed by atoms with Crippen LogP contribution in [0.25, 0.3) is 0 Å². The van der Waals surface area contributed by atoms with E-state index >= 15 is 0 Å². The minimum absolute atomic E-state index is 0.658. The van der Waals surface area contributed by atoms with Gasteiger partial charge in [0, 0.05) is 0 Å². The average Bonchev–Trinajstić information content (AvgIpc) is 2.49. The van der Waals surface area contributed by atoms with E-state index in [9.17, 15) is 30.1 Å². The molecule has 132 valence electrons. The van der Waals surface area contributed by atoms with Crippen molar-refractivity contribution in [3.8, 4) is 0 Å². The second kappa shape index (κ2) is 7.08. The van der Waals surface area contributed by atoms with Crippen molar-refractivity contribution >= 4 is 34.7 Å². The normalized spacial score (nSPS) is 12.4. The van der Waals surface area contributed by atoms with Crippen molar-refractivity contribution < 1.29 is 40.3 Å². The Labute approximate surface area is 141 Å². The molecule has 0 aliphatic carbocycles. The molecule has 0 bridgehead atoms. The standard InChI is InChI=1S/C12H6AsF6IO4/c14-5-3-1-2-4-6(5)20(24-13(21,22)23)12-10(18)8(16)7(15)9(17)11(12)19/h1-4H,(H2,21,22,23). The van der Waals surface area contributed by atoms with Gasteiger partial charge in [-0.2, -0.15) is 0 Å². The third-order valence-electron chi connectivity index (χ3n) is 2.50. The van der Waals surface area contributed by atoms with Gasteiger partial charge in [-0.3, -0.25) is 0 Å². The first-order valence-electron chi connectivity index (χ1n) is 5.76. The van der Waals surface area contributed by atoms with Gasteiger partial charge in [-0.25, -0.2) is 0 Å². The zero-order valence-corrected chi connectivity index (χ0v) is 15.1. The van der Waals surface area contributed by atoms with Crippen LogP contribution in [0.1, 0.15) is 0 Å². The molecule has 0 unspecified atom stereocenters. The van der Waals surface area contributed by atoms with E-state index in [1.165, 1.54) is 0 Å². The fraction of sp³-hybridized carbons (Fsp3) is 0. The molecule has 0 fully saturated rings. The summed E-state index contributed by atoms with van der Waals surface area (Å²) in [4.78, 5) is 0. The van der Waals surface area contributed by atoms with Gasteiger partial charge in [-0.15, -0.1) is 0 Å². The van der Waals surface area contributed by atoms with Gasteiger partial charge in [0.15, 0.2) is 0 Å². The van der Waals surface area contributed by atoms with Gasteiger partial charge >= 0.3 is 141 Å². The molecule has 0 saturated carbocycles. The van der Waals surface area contributed by atoms with Crippen LogP contribution < -0.4 is 0 Å². The van der Waals surface area contributed by atoms with Gasteiger partial charge in [0.1, 0.15) is 0 Å². The second-order valence-corrected chi connectivity index (χ2v) is 12.2. The van der Waals surface area contributed by atoms with E-state index in [4.69, 9.17) is 8.19 Å². The maximum atomic E-state index is 13.9. The number of benzene rings is 2. The van der Waals surface area contributed by atoms with Crippen molar-refractivity contribution in [2.24, 2.45) is 0 Å². The van der Waals surface area contributed by atoms with E-state index in [0.29, 0.717) is 0 Å². The van der Waals surface area contributed by atoms with E-state index in [1.54, 1.807) is 0 Å². The summed E-state index contributed by atoms with van der Waals surface area (Å²) in [5, 5.41) is 0. The van der Waals surface area contributed by atoms with Crippen LogP contribution in [-0.4, -0.2) is 22.7 Å². The number of hydrogen-bond donors (Lipinski definition) is 2. The summed E-state index contributed by atoms with van der Waals surface area (Å²) in [5.74, 6) is -12.9. The Hall–Kier alpha value is -1.01. The van der Waals surface area contributed by atoms with Crippen molar-refractivity contribution in [3.63, 3.8) is 0 Å². The van der Waals surface area contributed by atoms with Crippen molar-refractivity contribution in [3.05, 3.63) is 66.3 Å². The maximum absolute atomic E-state index is 13.9. The molecular formula is C12H6AsF6IO4. The molecule has 12 heteroatoms. The van der Waals surface area contributed by atoms with E-state index in [1.807, 2.05) is 0 Å². The van der Waals surface area contributed by atoms with Crippen molar-refractivity contribution in [1.29, 1.82) is 0 Å². The van der Waals surface area contributed by atoms with E-state index in [-0.39, 0.29) is 0 Å². The van der Waals surface area contributed by atoms with Gasteiger partial charge in [0.2, 0.25) is 0 Å². The van der Waals surface area contributed by atoms with Gasteiger partial charge in [0.25, 0.3) is 0 Å². The van der Waals surface area contributed by atoms with Crippen LogP contribution >= 0.6 is 20.2 Å². The molecule has 0 aliphatic heterocycles. The molecule has 0 radical (unpaired) electrons. The summed E-state index contributed by atoms with van der Waals surface area (Å²) in [6.45, 7) is 0.